The largest absolute Gasteiger partial charge is 0.461 e. The van der Waals surface area contributed by atoms with Gasteiger partial charge in [0, 0.05) is 37.5 Å². The summed E-state index contributed by atoms with van der Waals surface area (Å²) in [4.78, 5) is 37.5. The lowest BCUT2D eigenvalue weighted by Gasteiger charge is -2.45. The molecule has 1 saturated heterocycles. The van der Waals surface area contributed by atoms with E-state index in [0.717, 1.165) is 5.69 Å². The summed E-state index contributed by atoms with van der Waals surface area (Å²) in [7, 11) is 1.58. The lowest BCUT2D eigenvalue weighted by atomic mass is 10.0. The van der Waals surface area contributed by atoms with Crippen LogP contribution in [0.5, 0.6) is 6.01 Å². The molecule has 2 heterocycles. The minimum absolute atomic E-state index is 0.0907. The number of hydrogen-bond acceptors (Lipinski definition) is 8. The zero-order chi connectivity index (χ0) is 24.3. The zero-order valence-electron chi connectivity index (χ0n) is 20.1. The van der Waals surface area contributed by atoms with E-state index in [-0.39, 0.29) is 30.8 Å². The summed E-state index contributed by atoms with van der Waals surface area (Å²) in [5.41, 5.74) is 6.62. The number of benzene rings is 1. The van der Waals surface area contributed by atoms with Gasteiger partial charge in [-0.15, -0.1) is 0 Å². The Labute approximate surface area is 194 Å². The summed E-state index contributed by atoms with van der Waals surface area (Å²) in [6, 6.07) is 3.48. The Morgan fingerprint density at radius 1 is 1.15 bits per heavy atom. The van der Waals surface area contributed by atoms with Crippen LogP contribution < -0.4 is 15.4 Å². The van der Waals surface area contributed by atoms with Gasteiger partial charge in [-0.3, -0.25) is 9.69 Å². The smallest absolute Gasteiger partial charge is 0.410 e. The molecule has 10 nitrogen and oxygen atoms in total. The Balaban J connectivity index is 1.91. The zero-order valence-corrected chi connectivity index (χ0v) is 20.1. The number of piperazine rings is 1. The van der Waals surface area contributed by atoms with Gasteiger partial charge in [0.25, 0.3) is 5.91 Å². The van der Waals surface area contributed by atoms with Crippen LogP contribution >= 0.6 is 0 Å². The minimum atomic E-state index is -0.579. The van der Waals surface area contributed by atoms with Crippen molar-refractivity contribution in [3.8, 4) is 6.01 Å². The van der Waals surface area contributed by atoms with Gasteiger partial charge in [-0.1, -0.05) is 0 Å². The quantitative estimate of drug-likeness (QED) is 0.655. The lowest BCUT2D eigenvalue weighted by molar-refractivity contribution is 0.00567. The third kappa shape index (κ3) is 5.62. The lowest BCUT2D eigenvalue weighted by Crippen LogP contribution is -2.59. The summed E-state index contributed by atoms with van der Waals surface area (Å²) in [5, 5.41) is 0.690. The summed E-state index contributed by atoms with van der Waals surface area (Å²) in [5.74, 6) is -0.579. The number of nitrogens with two attached hydrogens (primary N) is 1. The first-order valence-corrected chi connectivity index (χ1v) is 11.0. The molecule has 2 N–H and O–H groups in total. The molecule has 3 rings (SSSR count). The van der Waals surface area contributed by atoms with E-state index in [1.165, 1.54) is 0 Å². The predicted octanol–water partition coefficient (Wildman–Crippen LogP) is 2.59. The average molecular weight is 460 g/mol. The van der Waals surface area contributed by atoms with Gasteiger partial charge in [0.1, 0.15) is 12.2 Å². The van der Waals surface area contributed by atoms with Gasteiger partial charge < -0.3 is 24.8 Å². The van der Waals surface area contributed by atoms with E-state index in [0.29, 0.717) is 36.2 Å². The summed E-state index contributed by atoms with van der Waals surface area (Å²) in [6.45, 7) is 11.4. The molecule has 0 saturated carbocycles. The molecule has 0 radical (unpaired) electrons. The SMILES string of the molecule is COCCOc1ncc2c(N3C[C@@H](C)N(C(=O)OC(C)(C)C)[C@@H](C)C3)ccc(C(N)=O)c2n1. The maximum absolute atomic E-state index is 12.7. The number of carbonyl (C=O) groups excluding carboxylic acids is 2. The number of anilines is 1. The van der Waals surface area contributed by atoms with Crippen LogP contribution in [0.4, 0.5) is 10.5 Å². The van der Waals surface area contributed by atoms with Crippen LogP contribution in [0.3, 0.4) is 0 Å². The fourth-order valence-electron chi connectivity index (χ4n) is 4.04. The number of rotatable bonds is 6. The summed E-state index contributed by atoms with van der Waals surface area (Å²) in [6.07, 6.45) is 1.32. The van der Waals surface area contributed by atoms with Crippen molar-refractivity contribution in [3.63, 3.8) is 0 Å². The second-order valence-electron chi connectivity index (χ2n) is 9.24. The molecule has 0 aliphatic carbocycles. The van der Waals surface area contributed by atoms with Crippen molar-refractivity contribution in [2.24, 2.45) is 5.73 Å². The maximum Gasteiger partial charge on any atom is 0.410 e. The number of primary amides is 1. The minimum Gasteiger partial charge on any atom is -0.461 e. The van der Waals surface area contributed by atoms with Crippen molar-refractivity contribution in [1.82, 2.24) is 14.9 Å². The molecular formula is C23H33N5O5. The van der Waals surface area contributed by atoms with Crippen LogP contribution in [0.15, 0.2) is 18.3 Å². The van der Waals surface area contributed by atoms with Gasteiger partial charge in [0.05, 0.1) is 29.8 Å². The normalized spacial score (nSPS) is 19.0. The highest BCUT2D eigenvalue weighted by molar-refractivity contribution is 6.08. The number of aromatic nitrogens is 2. The third-order valence-electron chi connectivity index (χ3n) is 5.35. The van der Waals surface area contributed by atoms with Crippen LogP contribution in [-0.2, 0) is 9.47 Å². The van der Waals surface area contributed by atoms with Crippen molar-refractivity contribution in [3.05, 3.63) is 23.9 Å². The molecule has 2 amide bonds. The van der Waals surface area contributed by atoms with E-state index in [9.17, 15) is 9.59 Å². The van der Waals surface area contributed by atoms with Gasteiger partial charge in [0.2, 0.25) is 0 Å². The van der Waals surface area contributed by atoms with E-state index in [4.69, 9.17) is 19.9 Å². The first-order chi connectivity index (χ1) is 15.5. The first kappa shape index (κ1) is 24.5. The third-order valence-corrected chi connectivity index (χ3v) is 5.35. The molecule has 1 aliphatic rings. The molecule has 10 heteroatoms. The van der Waals surface area contributed by atoms with Crippen LogP contribution in [0.2, 0.25) is 0 Å². The molecule has 2 aromatic rings. The van der Waals surface area contributed by atoms with E-state index >= 15 is 0 Å². The van der Waals surface area contributed by atoms with E-state index in [2.05, 4.69) is 14.9 Å². The van der Waals surface area contributed by atoms with Gasteiger partial charge in [-0.25, -0.2) is 9.78 Å². The van der Waals surface area contributed by atoms with Crippen molar-refractivity contribution in [2.45, 2.75) is 52.3 Å². The van der Waals surface area contributed by atoms with Crippen LogP contribution in [0.1, 0.15) is 45.0 Å². The highest BCUT2D eigenvalue weighted by Gasteiger charge is 2.36. The van der Waals surface area contributed by atoms with Gasteiger partial charge in [-0.05, 0) is 46.8 Å². The molecule has 0 bridgehead atoms. The predicted molar refractivity (Wildman–Crippen MR) is 125 cm³/mol. The Hall–Kier alpha value is -3.14. The highest BCUT2D eigenvalue weighted by atomic mass is 16.6. The molecule has 180 valence electrons. The fraction of sp³-hybridized carbons (Fsp3) is 0.565. The second-order valence-corrected chi connectivity index (χ2v) is 9.24. The summed E-state index contributed by atoms with van der Waals surface area (Å²) < 4.78 is 16.1. The van der Waals surface area contributed by atoms with Crippen LogP contribution in [-0.4, -0.2) is 78.0 Å². The molecule has 1 aromatic heterocycles. The number of amides is 2. The van der Waals surface area contributed by atoms with Gasteiger partial charge >= 0.3 is 12.1 Å². The Morgan fingerprint density at radius 2 is 1.82 bits per heavy atom. The number of methoxy groups -OCH3 is 1. The monoisotopic (exact) mass is 459 g/mol. The van der Waals surface area contributed by atoms with Crippen LogP contribution in [0, 0.1) is 0 Å². The summed E-state index contributed by atoms with van der Waals surface area (Å²) >= 11 is 0. The molecule has 1 fully saturated rings. The number of ether oxygens (including phenoxy) is 3. The Morgan fingerprint density at radius 3 is 2.39 bits per heavy atom. The first-order valence-electron chi connectivity index (χ1n) is 11.0. The van der Waals surface area contributed by atoms with Gasteiger partial charge in [-0.2, -0.15) is 4.98 Å². The Bertz CT molecular complexity index is 1010. The molecule has 1 aromatic carbocycles. The number of fused-ring (bicyclic) bond motifs is 1. The van der Waals surface area contributed by atoms with E-state index in [1.54, 1.807) is 24.3 Å². The van der Waals surface area contributed by atoms with Crippen molar-refractivity contribution < 1.29 is 23.8 Å². The number of hydrogen-bond donors (Lipinski definition) is 1. The van der Waals surface area contributed by atoms with Crippen molar-refractivity contribution in [1.29, 1.82) is 0 Å². The topological polar surface area (TPSA) is 120 Å². The molecular weight excluding hydrogens is 426 g/mol. The second kappa shape index (κ2) is 9.78. The van der Waals surface area contributed by atoms with E-state index < -0.39 is 11.5 Å². The van der Waals surface area contributed by atoms with Crippen LogP contribution in [0.25, 0.3) is 10.9 Å². The van der Waals surface area contributed by atoms with Gasteiger partial charge in [0.15, 0.2) is 0 Å². The molecule has 0 spiro atoms. The van der Waals surface area contributed by atoms with Crippen molar-refractivity contribution >= 4 is 28.6 Å². The standard InChI is InChI=1S/C23H33N5O5/c1-14-12-27(13-15(2)28(14)22(30)33-23(3,4)5)18-8-7-16(20(24)29)19-17(18)11-25-21(26-19)32-10-9-31-6/h7-8,11,14-15H,9-10,12-13H2,1-6H3,(H2,24,29)/t14-,15+. The van der Waals surface area contributed by atoms with E-state index in [1.807, 2.05) is 40.7 Å². The molecule has 33 heavy (non-hydrogen) atoms. The highest BCUT2D eigenvalue weighted by Crippen LogP contribution is 2.32. The molecule has 0 unspecified atom stereocenters. The molecule has 2 atom stereocenters. The fourth-order valence-corrected chi connectivity index (χ4v) is 4.04. The number of nitrogens with zero attached hydrogens (tertiary/aromatic N) is 4. The number of carbonyl (C=O) groups is 2. The Kier molecular flexibility index (Phi) is 7.26. The average Bonchev–Trinajstić information content (AvgIpc) is 2.71. The molecule has 1 aliphatic heterocycles. The van der Waals surface area contributed by atoms with Crippen molar-refractivity contribution in [2.75, 3.05) is 38.3 Å². The maximum atomic E-state index is 12.7.